The number of halogens is 1. The Morgan fingerprint density at radius 1 is 1.43 bits per heavy atom. The lowest BCUT2D eigenvalue weighted by molar-refractivity contribution is 0.0961. The van der Waals surface area contributed by atoms with Crippen LogP contribution in [0, 0.1) is 5.82 Å². The number of sulfonamides is 1. The molecule has 0 aliphatic heterocycles. The molecule has 1 amide bonds. The number of benzene rings is 1. The van der Waals surface area contributed by atoms with Crippen molar-refractivity contribution in [3.63, 3.8) is 0 Å². The molecule has 0 aliphatic carbocycles. The largest absolute Gasteiger partial charge is 0.397 e. The summed E-state index contributed by atoms with van der Waals surface area (Å²) in [6.45, 7) is -0.0574. The molecule has 0 saturated carbocycles. The number of nitrogens with two attached hydrogens (primary N) is 1. The second-order valence-electron chi connectivity index (χ2n) is 4.24. The van der Waals surface area contributed by atoms with E-state index in [0.717, 1.165) is 11.3 Å². The zero-order valence-corrected chi connectivity index (χ0v) is 12.8. The molecule has 0 saturated heterocycles. The molecule has 21 heavy (non-hydrogen) atoms. The predicted molar refractivity (Wildman–Crippen MR) is 81.4 cm³/mol. The summed E-state index contributed by atoms with van der Waals surface area (Å²) in [6, 6.07) is 4.48. The van der Waals surface area contributed by atoms with E-state index in [1.54, 1.807) is 6.07 Å². The van der Waals surface area contributed by atoms with Crippen molar-refractivity contribution in [3.8, 4) is 0 Å². The maximum atomic E-state index is 13.7. The minimum absolute atomic E-state index is 0.0574. The number of thiophene rings is 1. The van der Waals surface area contributed by atoms with Gasteiger partial charge in [-0.25, -0.2) is 17.5 Å². The number of amides is 1. The third kappa shape index (κ3) is 3.31. The molecular formula is C12H14FN3O3S2. The molecule has 4 N–H and O–H groups in total. The van der Waals surface area contributed by atoms with E-state index >= 15 is 0 Å². The van der Waals surface area contributed by atoms with Crippen molar-refractivity contribution in [2.24, 2.45) is 0 Å². The topological polar surface area (TPSA) is 101 Å². The molecule has 0 fully saturated rings. The summed E-state index contributed by atoms with van der Waals surface area (Å²) in [5, 5.41) is 2.68. The SMILES string of the molecule is CNS(=O)(=O)CCNC(=O)c1sc2cccc(F)c2c1N. The van der Waals surface area contributed by atoms with Gasteiger partial charge in [-0.1, -0.05) is 6.07 Å². The lowest BCUT2D eigenvalue weighted by Gasteiger charge is -2.05. The highest BCUT2D eigenvalue weighted by molar-refractivity contribution is 7.89. The monoisotopic (exact) mass is 331 g/mol. The molecular weight excluding hydrogens is 317 g/mol. The molecule has 2 rings (SSSR count). The van der Waals surface area contributed by atoms with Crippen LogP contribution in [0.15, 0.2) is 18.2 Å². The van der Waals surface area contributed by atoms with Crippen molar-refractivity contribution in [2.75, 3.05) is 25.1 Å². The lowest BCUT2D eigenvalue weighted by atomic mass is 10.2. The maximum Gasteiger partial charge on any atom is 0.263 e. The van der Waals surface area contributed by atoms with Gasteiger partial charge in [0, 0.05) is 11.2 Å². The number of nitrogen functional groups attached to an aromatic ring is 1. The molecule has 1 aromatic heterocycles. The van der Waals surface area contributed by atoms with Crippen LogP contribution in [-0.2, 0) is 10.0 Å². The quantitative estimate of drug-likeness (QED) is 0.757. The van der Waals surface area contributed by atoms with Crippen LogP contribution >= 0.6 is 11.3 Å². The van der Waals surface area contributed by atoms with Crippen LogP contribution < -0.4 is 15.8 Å². The van der Waals surface area contributed by atoms with E-state index in [2.05, 4.69) is 10.0 Å². The molecule has 2 aromatic rings. The van der Waals surface area contributed by atoms with Gasteiger partial charge in [0.2, 0.25) is 10.0 Å². The maximum absolute atomic E-state index is 13.7. The molecule has 1 aromatic carbocycles. The van der Waals surface area contributed by atoms with Gasteiger partial charge in [-0.05, 0) is 19.2 Å². The standard InChI is InChI=1S/C12H14FN3O3S2/c1-15-21(18,19)6-5-16-12(17)11-10(14)9-7(13)3-2-4-8(9)20-11/h2-4,15H,5-6,14H2,1H3,(H,16,17). The number of fused-ring (bicyclic) bond motifs is 1. The summed E-state index contributed by atoms with van der Waals surface area (Å²) >= 11 is 1.07. The van der Waals surface area contributed by atoms with Gasteiger partial charge in [0.05, 0.1) is 16.8 Å². The Balaban J connectivity index is 2.17. The third-order valence-electron chi connectivity index (χ3n) is 2.87. The molecule has 6 nitrogen and oxygen atoms in total. The first-order valence-electron chi connectivity index (χ1n) is 6.01. The van der Waals surface area contributed by atoms with Gasteiger partial charge in [-0.3, -0.25) is 4.79 Å². The van der Waals surface area contributed by atoms with E-state index in [0.29, 0.717) is 4.70 Å². The number of hydrogen-bond donors (Lipinski definition) is 3. The Labute approximate surface area is 125 Å². The molecule has 0 bridgehead atoms. The summed E-state index contributed by atoms with van der Waals surface area (Å²) in [5.41, 5.74) is 5.87. The molecule has 0 atom stereocenters. The first-order valence-corrected chi connectivity index (χ1v) is 8.48. The van der Waals surface area contributed by atoms with Crippen LogP contribution in [0.25, 0.3) is 10.1 Å². The van der Waals surface area contributed by atoms with Gasteiger partial charge in [-0.15, -0.1) is 11.3 Å². The Morgan fingerprint density at radius 2 is 2.14 bits per heavy atom. The van der Waals surface area contributed by atoms with Crippen LogP contribution in [0.2, 0.25) is 0 Å². The van der Waals surface area contributed by atoms with Crippen molar-refractivity contribution in [2.45, 2.75) is 0 Å². The Bertz CT molecular complexity index is 786. The molecule has 114 valence electrons. The lowest BCUT2D eigenvalue weighted by Crippen LogP contribution is -2.32. The normalized spacial score (nSPS) is 11.7. The average molecular weight is 331 g/mol. The van der Waals surface area contributed by atoms with Crippen LogP contribution in [0.3, 0.4) is 0 Å². The van der Waals surface area contributed by atoms with E-state index in [-0.39, 0.29) is 28.2 Å². The second-order valence-corrected chi connectivity index (χ2v) is 7.33. The van der Waals surface area contributed by atoms with Crippen LogP contribution in [0.5, 0.6) is 0 Å². The highest BCUT2D eigenvalue weighted by Crippen LogP contribution is 2.35. The minimum Gasteiger partial charge on any atom is -0.397 e. The summed E-state index contributed by atoms with van der Waals surface area (Å²) in [5.74, 6) is -1.24. The Kier molecular flexibility index (Phi) is 4.45. The number of rotatable bonds is 5. The van der Waals surface area contributed by atoms with Crippen LogP contribution in [0.1, 0.15) is 9.67 Å². The third-order valence-corrected chi connectivity index (χ3v) is 5.41. The molecule has 9 heteroatoms. The van der Waals surface area contributed by atoms with Crippen LogP contribution in [0.4, 0.5) is 10.1 Å². The number of hydrogen-bond acceptors (Lipinski definition) is 5. The molecule has 0 aliphatic rings. The summed E-state index contributed by atoms with van der Waals surface area (Å²) in [7, 11) is -2.10. The van der Waals surface area contributed by atoms with Gasteiger partial charge in [-0.2, -0.15) is 0 Å². The molecule has 0 spiro atoms. The first-order chi connectivity index (χ1) is 9.85. The Morgan fingerprint density at radius 3 is 2.76 bits per heavy atom. The first kappa shape index (κ1) is 15.7. The van der Waals surface area contributed by atoms with Gasteiger partial charge in [0.15, 0.2) is 0 Å². The summed E-state index contributed by atoms with van der Waals surface area (Å²) in [6.07, 6.45) is 0. The van der Waals surface area contributed by atoms with Gasteiger partial charge < -0.3 is 11.1 Å². The fourth-order valence-electron chi connectivity index (χ4n) is 1.78. The average Bonchev–Trinajstić information content (AvgIpc) is 2.77. The fourth-order valence-corrected chi connectivity index (χ4v) is 3.41. The van der Waals surface area contributed by atoms with E-state index < -0.39 is 21.7 Å². The number of carbonyl (C=O) groups is 1. The highest BCUT2D eigenvalue weighted by atomic mass is 32.2. The van der Waals surface area contributed by atoms with E-state index in [9.17, 15) is 17.6 Å². The Hall–Kier alpha value is -1.71. The summed E-state index contributed by atoms with van der Waals surface area (Å²) in [4.78, 5) is 12.2. The van der Waals surface area contributed by atoms with Gasteiger partial charge >= 0.3 is 0 Å². The van der Waals surface area contributed by atoms with Gasteiger partial charge in [0.1, 0.15) is 10.7 Å². The van der Waals surface area contributed by atoms with Crippen molar-refractivity contribution in [3.05, 3.63) is 28.9 Å². The fraction of sp³-hybridized carbons (Fsp3) is 0.250. The second kappa shape index (κ2) is 5.96. The van der Waals surface area contributed by atoms with Crippen molar-refractivity contribution in [1.29, 1.82) is 0 Å². The van der Waals surface area contributed by atoms with Crippen molar-refractivity contribution in [1.82, 2.24) is 10.0 Å². The number of nitrogens with one attached hydrogen (secondary N) is 2. The van der Waals surface area contributed by atoms with Crippen LogP contribution in [-0.4, -0.2) is 33.7 Å². The van der Waals surface area contributed by atoms with Crippen molar-refractivity contribution < 1.29 is 17.6 Å². The smallest absolute Gasteiger partial charge is 0.263 e. The number of carbonyl (C=O) groups excluding carboxylic acids is 1. The number of anilines is 1. The van der Waals surface area contributed by atoms with E-state index in [4.69, 9.17) is 5.73 Å². The zero-order chi connectivity index (χ0) is 15.6. The zero-order valence-electron chi connectivity index (χ0n) is 11.1. The molecule has 0 radical (unpaired) electrons. The summed E-state index contributed by atoms with van der Waals surface area (Å²) < 4.78 is 38.9. The van der Waals surface area contributed by atoms with E-state index in [1.807, 2.05) is 0 Å². The van der Waals surface area contributed by atoms with E-state index in [1.165, 1.54) is 19.2 Å². The predicted octanol–water partition coefficient (Wildman–Crippen LogP) is 0.902. The van der Waals surface area contributed by atoms with Gasteiger partial charge in [0.25, 0.3) is 5.91 Å². The highest BCUT2D eigenvalue weighted by Gasteiger charge is 2.18. The minimum atomic E-state index is -3.39. The molecule has 1 heterocycles. The van der Waals surface area contributed by atoms with Crippen molar-refractivity contribution >= 4 is 43.0 Å². The molecule has 0 unspecified atom stereocenters.